The number of hydrogen-bond acceptors (Lipinski definition) is 5. The maximum atomic E-state index is 11.7. The normalized spacial score (nSPS) is 21.3. The van der Waals surface area contributed by atoms with E-state index in [2.05, 4.69) is 15.3 Å². The van der Waals surface area contributed by atoms with Gasteiger partial charge >= 0.3 is 0 Å². The number of sulfonamides is 1. The first-order valence-electron chi connectivity index (χ1n) is 7.01. The first kappa shape index (κ1) is 13.8. The van der Waals surface area contributed by atoms with Gasteiger partial charge in [0.05, 0.1) is 0 Å². The van der Waals surface area contributed by atoms with E-state index in [0.29, 0.717) is 31.1 Å². The van der Waals surface area contributed by atoms with Gasteiger partial charge in [-0.3, -0.25) is 0 Å². The quantitative estimate of drug-likeness (QED) is 0.853. The molecule has 2 saturated carbocycles. The summed E-state index contributed by atoms with van der Waals surface area (Å²) in [4.78, 5) is 8.91. The molecule has 2 aliphatic carbocycles. The highest BCUT2D eigenvalue weighted by molar-refractivity contribution is 7.90. The maximum Gasteiger partial charge on any atom is 0.216 e. The Morgan fingerprint density at radius 1 is 1.40 bits per heavy atom. The standard InChI is InChI=1S/C13H20N4O2S/c1-9-7-11(17-12(16-9)10-3-4-10)15-8-13(5-2-6-13)20(14,18)19/h7,10H,2-6,8H2,1H3,(H2,14,18,19)(H,15,16,17). The van der Waals surface area contributed by atoms with Gasteiger partial charge in [-0.2, -0.15) is 0 Å². The molecule has 0 spiro atoms. The van der Waals surface area contributed by atoms with Gasteiger partial charge in [-0.15, -0.1) is 0 Å². The molecule has 0 radical (unpaired) electrons. The van der Waals surface area contributed by atoms with Crippen molar-refractivity contribution in [3.63, 3.8) is 0 Å². The number of aryl methyl sites for hydroxylation is 1. The second kappa shape index (κ2) is 4.66. The van der Waals surface area contributed by atoms with Crippen LogP contribution in [0.25, 0.3) is 0 Å². The summed E-state index contributed by atoms with van der Waals surface area (Å²) in [6.07, 6.45) is 4.44. The fraction of sp³-hybridized carbons (Fsp3) is 0.692. The van der Waals surface area contributed by atoms with Crippen LogP contribution in [0.4, 0.5) is 5.82 Å². The van der Waals surface area contributed by atoms with Crippen molar-refractivity contribution in [2.24, 2.45) is 5.14 Å². The minimum Gasteiger partial charge on any atom is -0.368 e. The van der Waals surface area contributed by atoms with E-state index in [9.17, 15) is 8.42 Å². The predicted octanol–water partition coefficient (Wildman–Crippen LogP) is 1.29. The van der Waals surface area contributed by atoms with Gasteiger partial charge in [-0.1, -0.05) is 6.42 Å². The Labute approximate surface area is 119 Å². The Balaban J connectivity index is 1.75. The number of hydrogen-bond donors (Lipinski definition) is 2. The molecule has 0 atom stereocenters. The van der Waals surface area contributed by atoms with Crippen molar-refractivity contribution in [1.29, 1.82) is 0 Å². The third-order valence-electron chi connectivity index (χ3n) is 4.27. The number of anilines is 1. The van der Waals surface area contributed by atoms with Crippen molar-refractivity contribution < 1.29 is 8.42 Å². The van der Waals surface area contributed by atoms with E-state index < -0.39 is 14.8 Å². The fourth-order valence-corrected chi connectivity index (χ4v) is 3.72. The zero-order valence-corrected chi connectivity index (χ0v) is 12.4. The Morgan fingerprint density at radius 3 is 2.60 bits per heavy atom. The van der Waals surface area contributed by atoms with Crippen LogP contribution >= 0.6 is 0 Å². The Morgan fingerprint density at radius 2 is 2.10 bits per heavy atom. The van der Waals surface area contributed by atoms with Crippen LogP contribution in [-0.2, 0) is 10.0 Å². The second-order valence-electron chi connectivity index (χ2n) is 5.96. The number of primary sulfonamides is 1. The highest BCUT2D eigenvalue weighted by atomic mass is 32.2. The average Bonchev–Trinajstić information content (AvgIpc) is 3.08. The molecule has 1 aromatic heterocycles. The molecule has 0 unspecified atom stereocenters. The zero-order valence-electron chi connectivity index (χ0n) is 11.6. The number of rotatable bonds is 5. The molecule has 110 valence electrons. The van der Waals surface area contributed by atoms with Crippen LogP contribution in [0.5, 0.6) is 0 Å². The van der Waals surface area contributed by atoms with Gasteiger partial charge < -0.3 is 5.32 Å². The van der Waals surface area contributed by atoms with Crippen molar-refractivity contribution in [2.45, 2.75) is 49.7 Å². The van der Waals surface area contributed by atoms with Crippen LogP contribution in [-0.4, -0.2) is 29.7 Å². The average molecular weight is 296 g/mol. The fourth-order valence-electron chi connectivity index (χ4n) is 2.59. The van der Waals surface area contributed by atoms with Crippen molar-refractivity contribution in [2.75, 3.05) is 11.9 Å². The molecule has 0 aromatic carbocycles. The number of nitrogens with two attached hydrogens (primary N) is 1. The summed E-state index contributed by atoms with van der Waals surface area (Å²) in [6, 6.07) is 1.85. The lowest BCUT2D eigenvalue weighted by Crippen LogP contribution is -2.53. The Kier molecular flexibility index (Phi) is 3.21. The van der Waals surface area contributed by atoms with Crippen LogP contribution in [0.1, 0.15) is 49.5 Å². The molecule has 6 nitrogen and oxygen atoms in total. The summed E-state index contributed by atoms with van der Waals surface area (Å²) in [5.41, 5.74) is 0.905. The molecule has 0 saturated heterocycles. The Hall–Kier alpha value is -1.21. The minimum atomic E-state index is -3.53. The van der Waals surface area contributed by atoms with Crippen molar-refractivity contribution in [3.05, 3.63) is 17.6 Å². The van der Waals surface area contributed by atoms with E-state index in [1.54, 1.807) is 0 Å². The smallest absolute Gasteiger partial charge is 0.216 e. The lowest BCUT2D eigenvalue weighted by Gasteiger charge is -2.39. The molecular weight excluding hydrogens is 276 g/mol. The van der Waals surface area contributed by atoms with Crippen molar-refractivity contribution in [3.8, 4) is 0 Å². The van der Waals surface area contributed by atoms with E-state index in [1.807, 2.05) is 13.0 Å². The zero-order chi connectivity index (χ0) is 14.4. The topological polar surface area (TPSA) is 98.0 Å². The first-order chi connectivity index (χ1) is 9.40. The van der Waals surface area contributed by atoms with Crippen molar-refractivity contribution in [1.82, 2.24) is 9.97 Å². The van der Waals surface area contributed by atoms with Crippen LogP contribution in [0.3, 0.4) is 0 Å². The Bertz CT molecular complexity index is 621. The van der Waals surface area contributed by atoms with Crippen LogP contribution in [0, 0.1) is 6.92 Å². The lowest BCUT2D eigenvalue weighted by molar-refractivity contribution is 0.351. The van der Waals surface area contributed by atoms with E-state index in [0.717, 1.165) is 30.8 Å². The third-order valence-corrected chi connectivity index (χ3v) is 6.03. The highest BCUT2D eigenvalue weighted by Gasteiger charge is 2.47. The summed E-state index contributed by atoms with van der Waals surface area (Å²) in [7, 11) is -3.53. The van der Waals surface area contributed by atoms with Gasteiger partial charge in [0.25, 0.3) is 0 Å². The summed E-state index contributed by atoms with van der Waals surface area (Å²) >= 11 is 0. The molecule has 2 fully saturated rings. The molecule has 3 rings (SSSR count). The molecule has 2 aliphatic rings. The number of nitrogens with one attached hydrogen (secondary N) is 1. The van der Waals surface area contributed by atoms with Gasteiger partial charge in [0.15, 0.2) is 0 Å². The van der Waals surface area contributed by atoms with E-state index in [-0.39, 0.29) is 0 Å². The van der Waals surface area contributed by atoms with Gasteiger partial charge in [-0.25, -0.2) is 23.5 Å². The van der Waals surface area contributed by atoms with Gasteiger partial charge in [0, 0.05) is 24.2 Å². The second-order valence-corrected chi connectivity index (χ2v) is 7.92. The maximum absolute atomic E-state index is 11.7. The molecule has 20 heavy (non-hydrogen) atoms. The molecular formula is C13H20N4O2S. The SMILES string of the molecule is Cc1cc(NCC2(S(N)(=O)=O)CCC2)nc(C2CC2)n1. The summed E-state index contributed by atoms with van der Waals surface area (Å²) in [6.45, 7) is 2.25. The number of nitrogens with zero attached hydrogens (tertiary/aromatic N) is 2. The van der Waals surface area contributed by atoms with Gasteiger partial charge in [0.1, 0.15) is 16.4 Å². The van der Waals surface area contributed by atoms with E-state index in [1.165, 1.54) is 0 Å². The third kappa shape index (κ3) is 2.52. The lowest BCUT2D eigenvalue weighted by atomic mass is 9.84. The summed E-state index contributed by atoms with van der Waals surface area (Å²) in [5.74, 6) is 2.05. The largest absolute Gasteiger partial charge is 0.368 e. The number of aromatic nitrogens is 2. The molecule has 0 amide bonds. The molecule has 1 aromatic rings. The minimum absolute atomic E-state index is 0.326. The van der Waals surface area contributed by atoms with Gasteiger partial charge in [-0.05, 0) is 32.6 Å². The van der Waals surface area contributed by atoms with Crippen LogP contribution in [0.15, 0.2) is 6.07 Å². The monoisotopic (exact) mass is 296 g/mol. The molecule has 1 heterocycles. The van der Waals surface area contributed by atoms with Crippen molar-refractivity contribution >= 4 is 15.8 Å². The summed E-state index contributed by atoms with van der Waals surface area (Å²) in [5, 5.41) is 8.50. The van der Waals surface area contributed by atoms with E-state index in [4.69, 9.17) is 5.14 Å². The molecule has 0 aliphatic heterocycles. The predicted molar refractivity (Wildman–Crippen MR) is 76.9 cm³/mol. The van der Waals surface area contributed by atoms with Crippen LogP contribution in [0.2, 0.25) is 0 Å². The molecule has 3 N–H and O–H groups in total. The summed E-state index contributed by atoms with van der Waals surface area (Å²) < 4.78 is 22.6. The van der Waals surface area contributed by atoms with E-state index >= 15 is 0 Å². The highest BCUT2D eigenvalue weighted by Crippen LogP contribution is 2.39. The van der Waals surface area contributed by atoms with Crippen LogP contribution < -0.4 is 10.5 Å². The molecule has 0 bridgehead atoms. The molecule has 7 heteroatoms. The first-order valence-corrected chi connectivity index (χ1v) is 8.56. The van der Waals surface area contributed by atoms with Gasteiger partial charge in [0.2, 0.25) is 10.0 Å².